The summed E-state index contributed by atoms with van der Waals surface area (Å²) in [5, 5.41) is 13.6. The maximum atomic E-state index is 10.3. The van der Waals surface area contributed by atoms with Crippen LogP contribution in [-0.2, 0) is 0 Å². The zero-order chi connectivity index (χ0) is 15.1. The lowest BCUT2D eigenvalue weighted by Gasteiger charge is -2.17. The number of hydrogen-bond donors (Lipinski definition) is 2. The van der Waals surface area contributed by atoms with Crippen LogP contribution in [0, 0.1) is 0 Å². The number of methoxy groups -OCH3 is 1. The first-order chi connectivity index (χ1) is 10.2. The van der Waals surface area contributed by atoms with Crippen LogP contribution in [0.2, 0.25) is 0 Å². The lowest BCUT2D eigenvalue weighted by Crippen LogP contribution is -2.25. The van der Waals surface area contributed by atoms with Gasteiger partial charge in [0.25, 0.3) is 0 Å². The Balaban J connectivity index is 1.86. The molecule has 2 rings (SSSR count). The molecule has 0 saturated heterocycles. The number of ether oxygens (including phenoxy) is 1. The van der Waals surface area contributed by atoms with Gasteiger partial charge in [-0.25, -0.2) is 0 Å². The molecule has 21 heavy (non-hydrogen) atoms. The van der Waals surface area contributed by atoms with Crippen molar-refractivity contribution in [2.24, 2.45) is 0 Å². The lowest BCUT2D eigenvalue weighted by atomic mass is 10.0. The van der Waals surface area contributed by atoms with Gasteiger partial charge in [-0.3, -0.25) is 0 Å². The van der Waals surface area contributed by atoms with E-state index >= 15 is 0 Å². The Morgan fingerprint density at radius 2 is 1.67 bits per heavy atom. The van der Waals surface area contributed by atoms with Gasteiger partial charge in [-0.05, 0) is 17.5 Å². The van der Waals surface area contributed by atoms with Gasteiger partial charge in [0.15, 0.2) is 0 Å². The summed E-state index contributed by atoms with van der Waals surface area (Å²) in [6.07, 6.45) is -0.566. The van der Waals surface area contributed by atoms with Crippen LogP contribution in [0.1, 0.15) is 30.1 Å². The van der Waals surface area contributed by atoms with E-state index in [1.54, 1.807) is 7.11 Å². The van der Waals surface area contributed by atoms with Gasteiger partial charge in [0.05, 0.1) is 13.2 Å². The van der Waals surface area contributed by atoms with Gasteiger partial charge in [-0.2, -0.15) is 0 Å². The summed E-state index contributed by atoms with van der Waals surface area (Å²) >= 11 is 0. The summed E-state index contributed by atoms with van der Waals surface area (Å²) in [7, 11) is 1.62. The lowest BCUT2D eigenvalue weighted by molar-refractivity contribution is 0.170. The van der Waals surface area contributed by atoms with Crippen LogP contribution in [0.3, 0.4) is 0 Å². The van der Waals surface area contributed by atoms with Crippen LogP contribution in [-0.4, -0.2) is 25.3 Å². The van der Waals surface area contributed by atoms with E-state index in [2.05, 4.69) is 36.5 Å². The van der Waals surface area contributed by atoms with E-state index in [1.807, 2.05) is 30.3 Å². The summed E-state index contributed by atoms with van der Waals surface area (Å²) in [4.78, 5) is 0. The minimum Gasteiger partial charge on any atom is -0.496 e. The number of nitrogens with one attached hydrogen (secondary N) is 1. The Bertz CT molecular complexity index is 542. The average molecular weight is 285 g/mol. The molecule has 2 atom stereocenters. The van der Waals surface area contributed by atoms with Crippen molar-refractivity contribution in [3.05, 3.63) is 65.7 Å². The Labute approximate surface area is 126 Å². The molecule has 2 N–H and O–H groups in total. The zero-order valence-electron chi connectivity index (χ0n) is 12.6. The smallest absolute Gasteiger partial charge is 0.124 e. The molecule has 1 unspecified atom stereocenters. The van der Waals surface area contributed by atoms with E-state index in [-0.39, 0.29) is 0 Å². The summed E-state index contributed by atoms with van der Waals surface area (Å²) < 4.78 is 5.28. The van der Waals surface area contributed by atoms with Crippen LogP contribution in [0.15, 0.2) is 54.6 Å². The second kappa shape index (κ2) is 7.81. The standard InChI is InChI=1S/C18H23NO2/c1-14(15-8-4-3-5-9-15)12-19-13-17(20)16-10-6-7-11-18(16)21-2/h3-11,14,17,19-20H,12-13H2,1-2H3/t14?,17-/m0/s1. The maximum Gasteiger partial charge on any atom is 0.124 e. The molecule has 0 aliphatic carbocycles. The first-order valence-electron chi connectivity index (χ1n) is 7.29. The zero-order valence-corrected chi connectivity index (χ0v) is 12.6. The van der Waals surface area contributed by atoms with Crippen molar-refractivity contribution in [1.82, 2.24) is 5.32 Å². The van der Waals surface area contributed by atoms with Crippen molar-refractivity contribution in [2.45, 2.75) is 18.9 Å². The van der Waals surface area contributed by atoms with Crippen LogP contribution < -0.4 is 10.1 Å². The van der Waals surface area contributed by atoms with E-state index in [1.165, 1.54) is 5.56 Å². The van der Waals surface area contributed by atoms with E-state index in [0.29, 0.717) is 12.5 Å². The molecule has 0 heterocycles. The van der Waals surface area contributed by atoms with Crippen LogP contribution >= 0.6 is 0 Å². The van der Waals surface area contributed by atoms with Gasteiger partial charge in [-0.15, -0.1) is 0 Å². The quantitative estimate of drug-likeness (QED) is 0.821. The molecule has 0 amide bonds. The van der Waals surface area contributed by atoms with E-state index in [0.717, 1.165) is 17.9 Å². The molecule has 3 nitrogen and oxygen atoms in total. The van der Waals surface area contributed by atoms with Gasteiger partial charge in [-0.1, -0.05) is 55.5 Å². The van der Waals surface area contributed by atoms with Crippen molar-refractivity contribution in [3.8, 4) is 5.75 Å². The molecule has 0 aliphatic rings. The number of para-hydroxylation sites is 1. The topological polar surface area (TPSA) is 41.5 Å². The average Bonchev–Trinajstić information content (AvgIpc) is 2.55. The fourth-order valence-corrected chi connectivity index (χ4v) is 2.39. The Morgan fingerprint density at radius 3 is 2.38 bits per heavy atom. The number of hydrogen-bond acceptors (Lipinski definition) is 3. The maximum absolute atomic E-state index is 10.3. The summed E-state index contributed by atoms with van der Waals surface area (Å²) in [5.41, 5.74) is 2.12. The molecule has 2 aromatic rings. The predicted molar refractivity (Wildman–Crippen MR) is 85.7 cm³/mol. The number of rotatable bonds is 7. The Hall–Kier alpha value is -1.84. The third-order valence-electron chi connectivity index (χ3n) is 3.65. The molecule has 0 radical (unpaired) electrons. The largest absolute Gasteiger partial charge is 0.496 e. The van der Waals surface area contributed by atoms with Gasteiger partial charge < -0.3 is 15.2 Å². The predicted octanol–water partition coefficient (Wildman–Crippen LogP) is 3.12. The van der Waals surface area contributed by atoms with Crippen molar-refractivity contribution in [2.75, 3.05) is 20.2 Å². The monoisotopic (exact) mass is 285 g/mol. The van der Waals surface area contributed by atoms with E-state index < -0.39 is 6.10 Å². The molecule has 3 heteroatoms. The Kier molecular flexibility index (Phi) is 5.78. The number of benzene rings is 2. The number of aliphatic hydroxyl groups excluding tert-OH is 1. The highest BCUT2D eigenvalue weighted by Gasteiger charge is 2.13. The van der Waals surface area contributed by atoms with Crippen molar-refractivity contribution in [3.63, 3.8) is 0 Å². The van der Waals surface area contributed by atoms with Crippen LogP contribution in [0.25, 0.3) is 0 Å². The molecule has 0 fully saturated rings. The van der Waals surface area contributed by atoms with Gasteiger partial charge in [0.2, 0.25) is 0 Å². The third kappa shape index (κ3) is 4.31. The second-order valence-corrected chi connectivity index (χ2v) is 5.23. The van der Waals surface area contributed by atoms with Crippen molar-refractivity contribution in [1.29, 1.82) is 0 Å². The number of aliphatic hydroxyl groups is 1. The molecule has 0 aliphatic heterocycles. The van der Waals surface area contributed by atoms with Gasteiger partial charge in [0, 0.05) is 18.7 Å². The molecular weight excluding hydrogens is 262 g/mol. The third-order valence-corrected chi connectivity index (χ3v) is 3.65. The van der Waals surface area contributed by atoms with Gasteiger partial charge in [0.1, 0.15) is 5.75 Å². The first kappa shape index (κ1) is 15.5. The highest BCUT2D eigenvalue weighted by atomic mass is 16.5. The minimum absolute atomic E-state index is 0.413. The summed E-state index contributed by atoms with van der Waals surface area (Å²) in [6, 6.07) is 18.0. The molecule has 0 bridgehead atoms. The van der Waals surface area contributed by atoms with Gasteiger partial charge >= 0.3 is 0 Å². The fourth-order valence-electron chi connectivity index (χ4n) is 2.39. The van der Waals surface area contributed by atoms with Crippen molar-refractivity contribution >= 4 is 0 Å². The SMILES string of the molecule is COc1ccccc1[C@@H](O)CNCC(C)c1ccccc1. The molecule has 0 spiro atoms. The fraction of sp³-hybridized carbons (Fsp3) is 0.333. The molecule has 2 aromatic carbocycles. The first-order valence-corrected chi connectivity index (χ1v) is 7.29. The minimum atomic E-state index is -0.566. The highest BCUT2D eigenvalue weighted by Crippen LogP contribution is 2.24. The van der Waals surface area contributed by atoms with E-state index in [9.17, 15) is 5.11 Å². The van der Waals surface area contributed by atoms with Crippen molar-refractivity contribution < 1.29 is 9.84 Å². The summed E-state index contributed by atoms with van der Waals surface area (Å²) in [5.74, 6) is 1.14. The normalized spacial score (nSPS) is 13.7. The van der Waals surface area contributed by atoms with Crippen LogP contribution in [0.5, 0.6) is 5.75 Å². The Morgan fingerprint density at radius 1 is 1.00 bits per heavy atom. The highest BCUT2D eigenvalue weighted by molar-refractivity contribution is 5.35. The summed E-state index contributed by atoms with van der Waals surface area (Å²) in [6.45, 7) is 3.52. The molecular formula is C18H23NO2. The van der Waals surface area contributed by atoms with E-state index in [4.69, 9.17) is 4.74 Å². The molecule has 0 saturated carbocycles. The molecule has 112 valence electrons. The molecule has 0 aromatic heterocycles. The van der Waals surface area contributed by atoms with Crippen LogP contribution in [0.4, 0.5) is 0 Å². The second-order valence-electron chi connectivity index (χ2n) is 5.23.